The number of carbonyl (C=O) groups is 1. The molecule has 2 aromatic carbocycles. The Morgan fingerprint density at radius 3 is 2.52 bits per heavy atom. The van der Waals surface area contributed by atoms with E-state index in [0.717, 1.165) is 16.4 Å². The molecule has 2 aromatic rings. The van der Waals surface area contributed by atoms with E-state index in [1.54, 1.807) is 12.1 Å². The van der Waals surface area contributed by atoms with Crippen molar-refractivity contribution in [2.45, 2.75) is 11.0 Å². The third kappa shape index (κ3) is 4.44. The summed E-state index contributed by atoms with van der Waals surface area (Å²) < 4.78 is 58.5. The summed E-state index contributed by atoms with van der Waals surface area (Å²) in [6.07, 6.45) is -1.14. The Balaban J connectivity index is 1.75. The first-order chi connectivity index (χ1) is 12.8. The quantitative estimate of drug-likeness (QED) is 0.831. The molecule has 144 valence electrons. The number of carbonyl (C=O) groups excluding carboxylic acids is 1. The van der Waals surface area contributed by atoms with E-state index in [4.69, 9.17) is 16.3 Å². The van der Waals surface area contributed by atoms with Gasteiger partial charge in [-0.1, -0.05) is 23.7 Å². The van der Waals surface area contributed by atoms with Crippen LogP contribution in [0.4, 0.5) is 14.5 Å². The molecule has 3 rings (SSSR count). The summed E-state index contributed by atoms with van der Waals surface area (Å²) in [6, 6.07) is 8.54. The van der Waals surface area contributed by atoms with E-state index in [-0.39, 0.29) is 35.3 Å². The van der Waals surface area contributed by atoms with Crippen LogP contribution in [0.3, 0.4) is 0 Å². The molecule has 1 heterocycles. The number of nitrogens with one attached hydrogen (secondary N) is 1. The van der Waals surface area contributed by atoms with Gasteiger partial charge in [-0.15, -0.1) is 0 Å². The van der Waals surface area contributed by atoms with Crippen LogP contribution in [-0.4, -0.2) is 44.4 Å². The molecule has 0 aromatic heterocycles. The summed E-state index contributed by atoms with van der Waals surface area (Å²) in [5, 5.41) is 2.39. The lowest BCUT2D eigenvalue weighted by molar-refractivity contribution is -0.130. The maximum absolute atomic E-state index is 13.2. The Morgan fingerprint density at radius 2 is 1.85 bits per heavy atom. The van der Waals surface area contributed by atoms with Gasteiger partial charge in [0.25, 0.3) is 5.91 Å². The van der Waals surface area contributed by atoms with Gasteiger partial charge >= 0.3 is 0 Å². The highest BCUT2D eigenvalue weighted by Gasteiger charge is 2.35. The van der Waals surface area contributed by atoms with Crippen molar-refractivity contribution < 1.29 is 26.7 Å². The Kier molecular flexibility index (Phi) is 5.75. The number of nitrogens with zero attached hydrogens (tertiary/aromatic N) is 1. The van der Waals surface area contributed by atoms with Crippen molar-refractivity contribution in [2.24, 2.45) is 0 Å². The Morgan fingerprint density at radius 1 is 1.19 bits per heavy atom. The van der Waals surface area contributed by atoms with Crippen molar-refractivity contribution in [1.82, 2.24) is 4.31 Å². The van der Waals surface area contributed by atoms with Gasteiger partial charge in [-0.3, -0.25) is 4.79 Å². The summed E-state index contributed by atoms with van der Waals surface area (Å²) in [4.78, 5) is 12.3. The van der Waals surface area contributed by atoms with Gasteiger partial charge < -0.3 is 10.1 Å². The topological polar surface area (TPSA) is 75.7 Å². The highest BCUT2D eigenvalue weighted by atomic mass is 35.5. The molecular formula is C17H15ClF2N2O4S. The summed E-state index contributed by atoms with van der Waals surface area (Å²) in [5.74, 6) is -2.41. The lowest BCUT2D eigenvalue weighted by Gasteiger charge is -2.31. The molecule has 1 unspecified atom stereocenters. The van der Waals surface area contributed by atoms with Gasteiger partial charge in [-0.25, -0.2) is 17.2 Å². The number of benzene rings is 2. The monoisotopic (exact) mass is 416 g/mol. The summed E-state index contributed by atoms with van der Waals surface area (Å²) >= 11 is 5.98. The summed E-state index contributed by atoms with van der Waals surface area (Å²) in [7, 11) is -3.92. The van der Waals surface area contributed by atoms with Crippen molar-refractivity contribution in [3.05, 3.63) is 59.1 Å². The fourth-order valence-corrected chi connectivity index (χ4v) is 4.56. The Bertz CT molecular complexity index is 951. The fraction of sp³-hybridized carbons (Fsp3) is 0.235. The second kappa shape index (κ2) is 7.89. The number of anilines is 1. The zero-order valence-electron chi connectivity index (χ0n) is 13.9. The molecular weight excluding hydrogens is 402 g/mol. The van der Waals surface area contributed by atoms with Crippen molar-refractivity contribution in [2.75, 3.05) is 25.0 Å². The lowest BCUT2D eigenvalue weighted by atomic mass is 10.2. The normalized spacial score (nSPS) is 18.3. The van der Waals surface area contributed by atoms with Gasteiger partial charge in [0.2, 0.25) is 10.0 Å². The van der Waals surface area contributed by atoms with Crippen molar-refractivity contribution >= 4 is 33.2 Å². The third-order valence-corrected chi connectivity index (χ3v) is 6.27. The van der Waals surface area contributed by atoms with Crippen LogP contribution in [0.25, 0.3) is 0 Å². The van der Waals surface area contributed by atoms with Gasteiger partial charge in [-0.2, -0.15) is 4.31 Å². The Labute approximate surface area is 159 Å². The van der Waals surface area contributed by atoms with Gasteiger partial charge in [0.15, 0.2) is 0 Å². The van der Waals surface area contributed by atoms with Crippen LogP contribution in [0.5, 0.6) is 0 Å². The van der Waals surface area contributed by atoms with E-state index in [2.05, 4.69) is 5.32 Å². The zero-order valence-corrected chi connectivity index (χ0v) is 15.4. The molecule has 1 aliphatic rings. The van der Waals surface area contributed by atoms with Crippen LogP contribution in [0.15, 0.2) is 47.4 Å². The van der Waals surface area contributed by atoms with E-state index in [1.807, 2.05) is 0 Å². The van der Waals surface area contributed by atoms with Crippen LogP contribution in [-0.2, 0) is 19.6 Å². The smallest absolute Gasteiger partial charge is 0.254 e. The molecule has 1 fully saturated rings. The summed E-state index contributed by atoms with van der Waals surface area (Å²) in [5.41, 5.74) is -0.0906. The molecule has 1 N–H and O–H groups in total. The number of sulfonamides is 1. The maximum atomic E-state index is 13.2. The minimum atomic E-state index is -3.92. The SMILES string of the molecule is O=C(Nc1cc(F)cc(F)c1)C1CN(S(=O)(=O)c2ccccc2Cl)CCO1. The fourth-order valence-electron chi connectivity index (χ4n) is 2.64. The van der Waals surface area contributed by atoms with Crippen LogP contribution >= 0.6 is 11.6 Å². The first-order valence-electron chi connectivity index (χ1n) is 7.90. The molecule has 1 aliphatic heterocycles. The molecule has 27 heavy (non-hydrogen) atoms. The molecule has 0 radical (unpaired) electrons. The lowest BCUT2D eigenvalue weighted by Crippen LogP contribution is -2.50. The average Bonchev–Trinajstić information content (AvgIpc) is 2.61. The largest absolute Gasteiger partial charge is 0.366 e. The van der Waals surface area contributed by atoms with E-state index < -0.39 is 33.7 Å². The molecule has 0 spiro atoms. The number of hydrogen-bond donors (Lipinski definition) is 1. The van der Waals surface area contributed by atoms with E-state index >= 15 is 0 Å². The predicted molar refractivity (Wildman–Crippen MR) is 94.9 cm³/mol. The van der Waals surface area contributed by atoms with E-state index in [0.29, 0.717) is 6.07 Å². The molecule has 1 saturated heterocycles. The first-order valence-corrected chi connectivity index (χ1v) is 9.72. The zero-order chi connectivity index (χ0) is 19.6. The standard InChI is InChI=1S/C17H15ClF2N2O4S/c18-14-3-1-2-4-16(14)27(24,25)22-5-6-26-15(10-22)17(23)21-13-8-11(19)7-12(20)9-13/h1-4,7-9,15H,5-6,10H2,(H,21,23). The number of morpholine rings is 1. The minimum absolute atomic E-state index is 0.0146. The van der Waals surface area contributed by atoms with Crippen molar-refractivity contribution in [3.8, 4) is 0 Å². The first kappa shape index (κ1) is 19.7. The van der Waals surface area contributed by atoms with Crippen LogP contribution in [0, 0.1) is 11.6 Å². The van der Waals surface area contributed by atoms with Crippen molar-refractivity contribution in [1.29, 1.82) is 0 Å². The van der Waals surface area contributed by atoms with E-state index in [1.165, 1.54) is 12.1 Å². The highest BCUT2D eigenvalue weighted by molar-refractivity contribution is 7.89. The van der Waals surface area contributed by atoms with Gasteiger partial charge in [0, 0.05) is 24.8 Å². The maximum Gasteiger partial charge on any atom is 0.254 e. The minimum Gasteiger partial charge on any atom is -0.366 e. The van der Waals surface area contributed by atoms with E-state index in [9.17, 15) is 22.0 Å². The molecule has 1 amide bonds. The highest BCUT2D eigenvalue weighted by Crippen LogP contribution is 2.26. The Hall–Kier alpha value is -2.07. The molecule has 1 atom stereocenters. The number of halogens is 3. The second-order valence-corrected chi connectivity index (χ2v) is 8.11. The third-order valence-electron chi connectivity index (χ3n) is 3.91. The van der Waals surface area contributed by atoms with Crippen molar-refractivity contribution in [3.63, 3.8) is 0 Å². The predicted octanol–water partition coefficient (Wildman–Crippen LogP) is 2.65. The number of hydrogen-bond acceptors (Lipinski definition) is 4. The molecule has 0 aliphatic carbocycles. The van der Waals surface area contributed by atoms with Crippen LogP contribution in [0.2, 0.25) is 5.02 Å². The van der Waals surface area contributed by atoms with Gasteiger partial charge in [0.1, 0.15) is 22.6 Å². The molecule has 0 saturated carbocycles. The number of rotatable bonds is 4. The second-order valence-electron chi connectivity index (χ2n) is 5.80. The molecule has 6 nitrogen and oxygen atoms in total. The number of amides is 1. The van der Waals surface area contributed by atoms with Gasteiger partial charge in [0.05, 0.1) is 11.6 Å². The summed E-state index contributed by atoms with van der Waals surface area (Å²) in [6.45, 7) is -0.220. The molecule has 0 bridgehead atoms. The molecule has 10 heteroatoms. The number of ether oxygens (including phenoxy) is 1. The van der Waals surface area contributed by atoms with Gasteiger partial charge in [-0.05, 0) is 24.3 Å². The average molecular weight is 417 g/mol. The van der Waals surface area contributed by atoms with Crippen LogP contribution < -0.4 is 5.32 Å². The van der Waals surface area contributed by atoms with Crippen LogP contribution in [0.1, 0.15) is 0 Å².